The Balaban J connectivity index is 1.94. The number of para-hydroxylation sites is 1. The van der Waals surface area contributed by atoms with E-state index in [1.54, 1.807) is 25.2 Å². The van der Waals surface area contributed by atoms with Crippen molar-refractivity contribution in [2.24, 2.45) is 5.92 Å². The molecule has 5 heteroatoms. The van der Waals surface area contributed by atoms with Crippen molar-refractivity contribution in [3.05, 3.63) is 30.1 Å². The maximum absolute atomic E-state index is 13.4. The summed E-state index contributed by atoms with van der Waals surface area (Å²) in [5, 5.41) is 12.4. The van der Waals surface area contributed by atoms with E-state index in [1.807, 2.05) is 0 Å². The summed E-state index contributed by atoms with van der Waals surface area (Å²) in [7, 11) is 1.68. The summed E-state index contributed by atoms with van der Waals surface area (Å²) in [6.07, 6.45) is 2.97. The van der Waals surface area contributed by atoms with Crippen LogP contribution in [0.2, 0.25) is 0 Å². The van der Waals surface area contributed by atoms with E-state index in [0.29, 0.717) is 19.4 Å². The Morgan fingerprint density at radius 3 is 2.95 bits per heavy atom. The van der Waals surface area contributed by atoms with Crippen LogP contribution in [0.3, 0.4) is 0 Å². The average molecular weight is 281 g/mol. The molecule has 2 N–H and O–H groups in total. The first-order valence-corrected chi connectivity index (χ1v) is 6.90. The Morgan fingerprint density at radius 2 is 2.30 bits per heavy atom. The maximum atomic E-state index is 13.4. The number of carbonyl (C=O) groups is 1. The van der Waals surface area contributed by atoms with Crippen LogP contribution in [0.15, 0.2) is 24.3 Å². The molecule has 0 amide bonds. The molecule has 2 atom stereocenters. The predicted octanol–water partition coefficient (Wildman–Crippen LogP) is 2.44. The van der Waals surface area contributed by atoms with Gasteiger partial charge in [0.25, 0.3) is 0 Å². The second kappa shape index (κ2) is 6.22. The first kappa shape index (κ1) is 14.8. The molecule has 110 valence electrons. The molecule has 1 fully saturated rings. The van der Waals surface area contributed by atoms with Gasteiger partial charge in [-0.1, -0.05) is 18.6 Å². The molecule has 1 aliphatic carbocycles. The lowest BCUT2D eigenvalue weighted by atomic mass is 9.85. The summed E-state index contributed by atoms with van der Waals surface area (Å²) in [5.41, 5.74) is -0.863. The zero-order valence-electron chi connectivity index (χ0n) is 11.6. The number of benzene rings is 1. The third-order valence-corrected chi connectivity index (χ3v) is 4.21. The Hall–Kier alpha value is -1.62. The van der Waals surface area contributed by atoms with Crippen molar-refractivity contribution >= 4 is 5.97 Å². The molecule has 0 saturated heterocycles. The van der Waals surface area contributed by atoms with E-state index in [-0.39, 0.29) is 11.7 Å². The molecule has 20 heavy (non-hydrogen) atoms. The van der Waals surface area contributed by atoms with Crippen LogP contribution in [0.25, 0.3) is 0 Å². The highest BCUT2D eigenvalue weighted by molar-refractivity contribution is 5.79. The monoisotopic (exact) mass is 281 g/mol. The number of hydrogen-bond donors (Lipinski definition) is 2. The lowest BCUT2D eigenvalue weighted by Crippen LogP contribution is -2.53. The number of nitrogens with one attached hydrogen (secondary N) is 1. The van der Waals surface area contributed by atoms with Crippen molar-refractivity contribution < 1.29 is 19.0 Å². The second-order valence-electron chi connectivity index (χ2n) is 5.18. The van der Waals surface area contributed by atoms with Crippen LogP contribution in [-0.4, -0.2) is 30.3 Å². The fraction of sp³-hybridized carbons (Fsp3) is 0.533. The molecule has 1 aromatic rings. The Kier molecular flexibility index (Phi) is 4.60. The lowest BCUT2D eigenvalue weighted by Gasteiger charge is -2.30. The molecule has 4 nitrogen and oxygen atoms in total. The highest BCUT2D eigenvalue weighted by atomic mass is 19.1. The van der Waals surface area contributed by atoms with Gasteiger partial charge in [0, 0.05) is 0 Å². The van der Waals surface area contributed by atoms with Crippen LogP contribution >= 0.6 is 0 Å². The van der Waals surface area contributed by atoms with Crippen LogP contribution < -0.4 is 10.1 Å². The highest BCUT2D eigenvalue weighted by Crippen LogP contribution is 2.38. The zero-order chi connectivity index (χ0) is 14.6. The SMILES string of the molecule is CNC1(C(=O)O)CCCC1CCOc1ccccc1F. The number of ether oxygens (including phenoxy) is 1. The molecule has 1 aliphatic rings. The van der Waals surface area contributed by atoms with E-state index >= 15 is 0 Å². The van der Waals surface area contributed by atoms with Crippen molar-refractivity contribution in [2.75, 3.05) is 13.7 Å². The summed E-state index contributed by atoms with van der Waals surface area (Å²) in [6.45, 7) is 0.322. The van der Waals surface area contributed by atoms with Gasteiger partial charge in [-0.2, -0.15) is 0 Å². The average Bonchev–Trinajstić information content (AvgIpc) is 2.85. The number of rotatable bonds is 6. The van der Waals surface area contributed by atoms with Crippen LogP contribution in [-0.2, 0) is 4.79 Å². The molecule has 0 aromatic heterocycles. The van der Waals surface area contributed by atoms with Gasteiger partial charge in [0.1, 0.15) is 5.54 Å². The summed E-state index contributed by atoms with van der Waals surface area (Å²) in [5.74, 6) is -0.974. The number of halogens is 1. The number of hydrogen-bond acceptors (Lipinski definition) is 3. The van der Waals surface area contributed by atoms with Crippen LogP contribution in [0, 0.1) is 11.7 Å². The Morgan fingerprint density at radius 1 is 1.55 bits per heavy atom. The predicted molar refractivity (Wildman–Crippen MR) is 73.3 cm³/mol. The molecular formula is C15H20FNO3. The van der Waals surface area contributed by atoms with Crippen molar-refractivity contribution in [3.8, 4) is 5.75 Å². The van der Waals surface area contributed by atoms with Gasteiger partial charge in [-0.15, -0.1) is 0 Å². The van der Waals surface area contributed by atoms with Crippen molar-refractivity contribution in [2.45, 2.75) is 31.2 Å². The maximum Gasteiger partial charge on any atom is 0.324 e. The fourth-order valence-electron chi connectivity index (χ4n) is 3.06. The minimum atomic E-state index is -0.863. The van der Waals surface area contributed by atoms with Gasteiger partial charge < -0.3 is 15.2 Å². The smallest absolute Gasteiger partial charge is 0.324 e. The van der Waals surface area contributed by atoms with Gasteiger partial charge in [0.05, 0.1) is 6.61 Å². The summed E-state index contributed by atoms with van der Waals surface area (Å²) in [4.78, 5) is 11.5. The Labute approximate surface area is 117 Å². The standard InChI is InChI=1S/C15H20FNO3/c1-17-15(14(18)19)9-4-5-11(15)8-10-20-13-7-3-2-6-12(13)16/h2-3,6-7,11,17H,4-5,8-10H2,1H3,(H,18,19). The van der Waals surface area contributed by atoms with E-state index in [4.69, 9.17) is 4.74 Å². The topological polar surface area (TPSA) is 58.6 Å². The van der Waals surface area contributed by atoms with E-state index in [0.717, 1.165) is 12.8 Å². The molecule has 2 rings (SSSR count). The number of likely N-dealkylation sites (N-methyl/N-ethyl adjacent to an activating group) is 1. The zero-order valence-corrected chi connectivity index (χ0v) is 11.6. The van der Waals surface area contributed by atoms with Crippen molar-refractivity contribution in [1.29, 1.82) is 0 Å². The van der Waals surface area contributed by atoms with Gasteiger partial charge in [-0.05, 0) is 44.4 Å². The molecule has 0 radical (unpaired) electrons. The summed E-state index contributed by atoms with van der Waals surface area (Å²) >= 11 is 0. The summed E-state index contributed by atoms with van der Waals surface area (Å²) in [6, 6.07) is 6.24. The van der Waals surface area contributed by atoms with Crippen LogP contribution in [0.5, 0.6) is 5.75 Å². The van der Waals surface area contributed by atoms with E-state index < -0.39 is 17.3 Å². The normalized spacial score (nSPS) is 25.6. The molecule has 0 spiro atoms. The molecule has 0 aliphatic heterocycles. The molecule has 0 heterocycles. The second-order valence-corrected chi connectivity index (χ2v) is 5.18. The first-order chi connectivity index (χ1) is 9.60. The molecule has 1 saturated carbocycles. The largest absolute Gasteiger partial charge is 0.491 e. The van der Waals surface area contributed by atoms with E-state index in [1.165, 1.54) is 6.07 Å². The van der Waals surface area contributed by atoms with Crippen LogP contribution in [0.1, 0.15) is 25.7 Å². The number of carboxylic acids is 1. The quantitative estimate of drug-likeness (QED) is 0.841. The van der Waals surface area contributed by atoms with E-state index in [2.05, 4.69) is 5.32 Å². The van der Waals surface area contributed by atoms with Gasteiger partial charge in [0.15, 0.2) is 11.6 Å². The minimum Gasteiger partial charge on any atom is -0.491 e. The fourth-order valence-corrected chi connectivity index (χ4v) is 3.06. The van der Waals surface area contributed by atoms with Crippen molar-refractivity contribution in [1.82, 2.24) is 5.32 Å². The summed E-state index contributed by atoms with van der Waals surface area (Å²) < 4.78 is 18.8. The van der Waals surface area contributed by atoms with Crippen molar-refractivity contribution in [3.63, 3.8) is 0 Å². The lowest BCUT2D eigenvalue weighted by molar-refractivity contribution is -0.146. The van der Waals surface area contributed by atoms with Gasteiger partial charge in [-0.25, -0.2) is 4.39 Å². The molecule has 2 unspecified atom stereocenters. The van der Waals surface area contributed by atoms with Gasteiger partial charge in [0.2, 0.25) is 0 Å². The molecule has 1 aromatic carbocycles. The third-order valence-electron chi connectivity index (χ3n) is 4.21. The minimum absolute atomic E-state index is 0.0109. The van der Waals surface area contributed by atoms with Gasteiger partial charge in [-0.3, -0.25) is 4.79 Å². The molecule has 0 bridgehead atoms. The highest BCUT2D eigenvalue weighted by Gasteiger charge is 2.47. The third kappa shape index (κ3) is 2.77. The Bertz CT molecular complexity index is 480. The number of carboxylic acid groups (broad SMARTS) is 1. The first-order valence-electron chi connectivity index (χ1n) is 6.90. The molecular weight excluding hydrogens is 261 g/mol. The van der Waals surface area contributed by atoms with E-state index in [9.17, 15) is 14.3 Å². The van der Waals surface area contributed by atoms with Crippen LogP contribution in [0.4, 0.5) is 4.39 Å². The van der Waals surface area contributed by atoms with Gasteiger partial charge >= 0.3 is 5.97 Å². The number of aliphatic carboxylic acids is 1.